The summed E-state index contributed by atoms with van der Waals surface area (Å²) in [5, 5.41) is 8.90. The van der Waals surface area contributed by atoms with Gasteiger partial charge in [0.1, 0.15) is 0 Å². The summed E-state index contributed by atoms with van der Waals surface area (Å²) in [7, 11) is 0. The van der Waals surface area contributed by atoms with Crippen molar-refractivity contribution in [1.29, 1.82) is 0 Å². The van der Waals surface area contributed by atoms with Crippen LogP contribution in [0.5, 0.6) is 0 Å². The van der Waals surface area contributed by atoms with E-state index in [2.05, 4.69) is 0 Å². The number of hydrogen-bond donors (Lipinski definition) is 1. The Bertz CT molecular complexity index is 55.3. The van der Waals surface area contributed by atoms with E-state index in [1.54, 1.807) is 0 Å². The van der Waals surface area contributed by atoms with Crippen molar-refractivity contribution < 1.29 is 9.84 Å². The lowest BCUT2D eigenvalue weighted by Crippen LogP contribution is -2.26. The van der Waals surface area contributed by atoms with Gasteiger partial charge in [0.25, 0.3) is 0 Å². The van der Waals surface area contributed by atoms with Crippen molar-refractivity contribution in [1.82, 2.24) is 0 Å². The fraction of sp³-hybridized carbons (Fsp3) is 1.00. The summed E-state index contributed by atoms with van der Waals surface area (Å²) in [5.41, 5.74) is 0. The molecule has 2 heteroatoms. The minimum Gasteiger partial charge on any atom is -0.391 e. The zero-order valence-corrected chi connectivity index (χ0v) is 5.13. The largest absolute Gasteiger partial charge is 0.391 e. The summed E-state index contributed by atoms with van der Waals surface area (Å²) in [6.45, 7) is 2.56. The molecule has 2 atom stereocenters. The fourth-order valence-electron chi connectivity index (χ4n) is 0.869. The third-order valence-electron chi connectivity index (χ3n) is 1.48. The van der Waals surface area contributed by atoms with E-state index in [1.165, 1.54) is 0 Å². The van der Waals surface area contributed by atoms with Gasteiger partial charge in [0.05, 0.1) is 18.8 Å². The van der Waals surface area contributed by atoms with Gasteiger partial charge in [-0.25, -0.2) is 0 Å². The molecule has 0 spiro atoms. The van der Waals surface area contributed by atoms with Gasteiger partial charge in [-0.05, 0) is 19.8 Å². The van der Waals surface area contributed by atoms with Gasteiger partial charge >= 0.3 is 0 Å². The Hall–Kier alpha value is -0.0800. The molecule has 0 amide bonds. The van der Waals surface area contributed by atoms with Crippen LogP contribution in [0.3, 0.4) is 0 Å². The van der Waals surface area contributed by atoms with E-state index < -0.39 is 0 Å². The predicted molar refractivity (Wildman–Crippen MR) is 37.4 cm³/mol. The molecule has 2 nitrogen and oxygen atoms in total. The molecule has 1 N–H and O–H groups in total. The maximum atomic E-state index is 8.90. The van der Waals surface area contributed by atoms with Crippen LogP contribution in [0.25, 0.3) is 0 Å². The van der Waals surface area contributed by atoms with Gasteiger partial charge < -0.3 is 9.84 Å². The van der Waals surface area contributed by atoms with Gasteiger partial charge in [0.2, 0.25) is 0 Å². The highest BCUT2D eigenvalue weighted by Gasteiger charge is 2.14. The van der Waals surface area contributed by atoms with Crippen molar-refractivity contribution in [2.24, 2.45) is 0 Å². The number of aliphatic hydroxyl groups excluding tert-OH is 1. The second-order valence-electron chi connectivity index (χ2n) is 2.38. The Morgan fingerprint density at radius 1 is 1.44 bits per heavy atom. The first-order valence-electron chi connectivity index (χ1n) is 3.08. The molecular formula is C7H16O2. The summed E-state index contributed by atoms with van der Waals surface area (Å²) in [6, 6.07) is 0. The Balaban J connectivity index is 0.000000640. The first kappa shape index (κ1) is 8.92. The zero-order valence-electron chi connectivity index (χ0n) is 5.13. The maximum absolute atomic E-state index is 8.90. The van der Waals surface area contributed by atoms with Gasteiger partial charge in [0.15, 0.2) is 0 Å². The molecule has 0 aliphatic carbocycles. The highest BCUT2D eigenvalue weighted by atomic mass is 16.5. The van der Waals surface area contributed by atoms with Crippen LogP contribution in [-0.4, -0.2) is 23.9 Å². The SMILES string of the molecule is C.CC1CCC(O)CO1. The molecule has 0 aromatic carbocycles. The Labute approximate surface area is 56.8 Å². The first-order chi connectivity index (χ1) is 3.79. The van der Waals surface area contributed by atoms with E-state index >= 15 is 0 Å². The second-order valence-corrected chi connectivity index (χ2v) is 2.38. The minimum atomic E-state index is -0.203. The van der Waals surface area contributed by atoms with E-state index in [-0.39, 0.29) is 13.5 Å². The lowest BCUT2D eigenvalue weighted by atomic mass is 10.1. The van der Waals surface area contributed by atoms with Crippen molar-refractivity contribution in [2.45, 2.75) is 39.4 Å². The second kappa shape index (κ2) is 3.85. The minimum absolute atomic E-state index is 0. The molecule has 0 aromatic heterocycles. The summed E-state index contributed by atoms with van der Waals surface area (Å²) in [5.74, 6) is 0. The molecule has 0 saturated carbocycles. The first-order valence-corrected chi connectivity index (χ1v) is 3.08. The fourth-order valence-corrected chi connectivity index (χ4v) is 0.869. The van der Waals surface area contributed by atoms with E-state index in [0.29, 0.717) is 12.7 Å². The van der Waals surface area contributed by atoms with Crippen molar-refractivity contribution >= 4 is 0 Å². The van der Waals surface area contributed by atoms with Gasteiger partial charge in [0, 0.05) is 0 Å². The van der Waals surface area contributed by atoms with Crippen molar-refractivity contribution in [3.8, 4) is 0 Å². The zero-order chi connectivity index (χ0) is 5.98. The van der Waals surface area contributed by atoms with Crippen LogP contribution in [-0.2, 0) is 4.74 Å². The standard InChI is InChI=1S/C6H12O2.CH4/c1-5-2-3-6(7)4-8-5;/h5-7H,2-4H2,1H3;1H4. The lowest BCUT2D eigenvalue weighted by Gasteiger charge is -2.22. The Morgan fingerprint density at radius 3 is 2.44 bits per heavy atom. The van der Waals surface area contributed by atoms with E-state index in [0.717, 1.165) is 12.8 Å². The molecule has 1 fully saturated rings. The average molecular weight is 132 g/mol. The number of rotatable bonds is 0. The van der Waals surface area contributed by atoms with Crippen LogP contribution in [0.4, 0.5) is 0 Å². The van der Waals surface area contributed by atoms with Crippen LogP contribution in [0.2, 0.25) is 0 Å². The van der Waals surface area contributed by atoms with Gasteiger partial charge in [-0.3, -0.25) is 0 Å². The Morgan fingerprint density at radius 2 is 2.11 bits per heavy atom. The van der Waals surface area contributed by atoms with Gasteiger partial charge in [-0.2, -0.15) is 0 Å². The number of aliphatic hydroxyl groups is 1. The van der Waals surface area contributed by atoms with Crippen molar-refractivity contribution in [3.05, 3.63) is 0 Å². The lowest BCUT2D eigenvalue weighted by molar-refractivity contribution is -0.0472. The molecule has 0 aromatic rings. The summed E-state index contributed by atoms with van der Waals surface area (Å²) in [6.07, 6.45) is 2.06. The van der Waals surface area contributed by atoms with Crippen LogP contribution >= 0.6 is 0 Å². The van der Waals surface area contributed by atoms with Crippen LogP contribution < -0.4 is 0 Å². The van der Waals surface area contributed by atoms with E-state index in [9.17, 15) is 0 Å². The van der Waals surface area contributed by atoms with E-state index in [1.807, 2.05) is 6.92 Å². The maximum Gasteiger partial charge on any atom is 0.0774 e. The molecule has 56 valence electrons. The van der Waals surface area contributed by atoms with Crippen LogP contribution in [0.1, 0.15) is 27.2 Å². The van der Waals surface area contributed by atoms with Gasteiger partial charge in [-0.1, -0.05) is 7.43 Å². The van der Waals surface area contributed by atoms with Crippen molar-refractivity contribution in [2.75, 3.05) is 6.61 Å². The highest BCUT2D eigenvalue weighted by Crippen LogP contribution is 2.11. The highest BCUT2D eigenvalue weighted by molar-refractivity contribution is 4.64. The average Bonchev–Trinajstić information content (AvgIpc) is 1.77. The summed E-state index contributed by atoms with van der Waals surface area (Å²) in [4.78, 5) is 0. The topological polar surface area (TPSA) is 29.5 Å². The molecule has 9 heavy (non-hydrogen) atoms. The molecule has 1 aliphatic rings. The monoisotopic (exact) mass is 132 g/mol. The molecule has 0 radical (unpaired) electrons. The molecule has 1 aliphatic heterocycles. The Kier molecular flexibility index (Phi) is 3.82. The normalized spacial score (nSPS) is 35.3. The van der Waals surface area contributed by atoms with Gasteiger partial charge in [-0.15, -0.1) is 0 Å². The summed E-state index contributed by atoms with van der Waals surface area (Å²) < 4.78 is 5.14. The number of hydrogen-bond acceptors (Lipinski definition) is 2. The molecule has 1 heterocycles. The third kappa shape index (κ3) is 2.82. The number of ether oxygens (including phenoxy) is 1. The van der Waals surface area contributed by atoms with Crippen LogP contribution in [0, 0.1) is 0 Å². The van der Waals surface area contributed by atoms with Crippen LogP contribution in [0.15, 0.2) is 0 Å². The molecular weight excluding hydrogens is 116 g/mol. The summed E-state index contributed by atoms with van der Waals surface area (Å²) >= 11 is 0. The predicted octanol–water partition coefficient (Wildman–Crippen LogP) is 1.18. The van der Waals surface area contributed by atoms with Crippen molar-refractivity contribution in [3.63, 3.8) is 0 Å². The quantitative estimate of drug-likeness (QED) is 0.536. The molecule has 2 unspecified atom stereocenters. The molecule has 1 rings (SSSR count). The van der Waals surface area contributed by atoms with E-state index in [4.69, 9.17) is 9.84 Å². The molecule has 0 bridgehead atoms. The third-order valence-corrected chi connectivity index (χ3v) is 1.48. The molecule has 1 saturated heterocycles. The smallest absolute Gasteiger partial charge is 0.0774 e.